The summed E-state index contributed by atoms with van der Waals surface area (Å²) in [7, 11) is 0. The molecule has 1 atom stereocenters. The first kappa shape index (κ1) is 22.4. The van der Waals surface area contributed by atoms with Gasteiger partial charge in [0.15, 0.2) is 0 Å². The number of nitrogens with one attached hydrogen (secondary N) is 2. The summed E-state index contributed by atoms with van der Waals surface area (Å²) in [6, 6.07) is 16.9. The van der Waals surface area contributed by atoms with E-state index in [2.05, 4.69) is 20.6 Å². The second kappa shape index (κ2) is 10.2. The van der Waals surface area contributed by atoms with Gasteiger partial charge in [0.2, 0.25) is 5.91 Å². The molecule has 0 radical (unpaired) electrons. The minimum atomic E-state index is -1.24. The zero-order chi connectivity index (χ0) is 23.1. The Kier molecular flexibility index (Phi) is 7.12. The summed E-state index contributed by atoms with van der Waals surface area (Å²) in [5.41, 5.74) is 7.63. The van der Waals surface area contributed by atoms with Crippen LogP contribution in [0.5, 0.6) is 0 Å². The number of carboxylic acids is 1. The number of aliphatic carboxylic acids is 1. The van der Waals surface area contributed by atoms with Gasteiger partial charge in [-0.25, -0.2) is 14.8 Å². The van der Waals surface area contributed by atoms with Gasteiger partial charge in [-0.2, -0.15) is 0 Å². The van der Waals surface area contributed by atoms with Crippen molar-refractivity contribution in [1.29, 1.82) is 0 Å². The number of nitrogens with zero attached hydrogens (tertiary/aromatic N) is 2. The fourth-order valence-corrected chi connectivity index (χ4v) is 3.06. The molecule has 2 aromatic carbocycles. The Bertz CT molecular complexity index is 1130. The Hall–Kier alpha value is -4.27. The molecule has 1 aromatic heterocycles. The number of rotatable bonds is 9. The van der Waals surface area contributed by atoms with E-state index in [-0.39, 0.29) is 18.4 Å². The molecule has 164 valence electrons. The molecule has 32 heavy (non-hydrogen) atoms. The molecule has 0 aliphatic carbocycles. The van der Waals surface area contributed by atoms with Crippen LogP contribution < -0.4 is 16.4 Å². The first-order valence-corrected chi connectivity index (χ1v) is 9.92. The lowest BCUT2D eigenvalue weighted by atomic mass is 10.1. The molecular formula is C23H23N5O4. The van der Waals surface area contributed by atoms with E-state index >= 15 is 0 Å². The number of hydrogen-bond donors (Lipinski definition) is 4. The molecule has 0 spiro atoms. The molecule has 0 bridgehead atoms. The summed E-state index contributed by atoms with van der Waals surface area (Å²) >= 11 is 0. The predicted molar refractivity (Wildman–Crippen MR) is 119 cm³/mol. The normalized spacial score (nSPS) is 11.4. The molecule has 3 aromatic rings. The lowest BCUT2D eigenvalue weighted by molar-refractivity contribution is -0.139. The molecule has 0 saturated heterocycles. The van der Waals surface area contributed by atoms with Gasteiger partial charge in [0, 0.05) is 29.3 Å². The Morgan fingerprint density at radius 3 is 2.47 bits per heavy atom. The quantitative estimate of drug-likeness (QED) is 0.405. The zero-order valence-electron chi connectivity index (χ0n) is 17.4. The molecule has 0 saturated carbocycles. The Balaban J connectivity index is 1.76. The predicted octanol–water partition coefficient (Wildman–Crippen LogP) is 2.64. The Morgan fingerprint density at radius 1 is 1.03 bits per heavy atom. The third-order valence-electron chi connectivity index (χ3n) is 4.59. The van der Waals surface area contributed by atoms with Crippen molar-refractivity contribution in [2.45, 2.75) is 25.8 Å². The maximum Gasteiger partial charge on any atom is 0.326 e. The number of primary amides is 1. The summed E-state index contributed by atoms with van der Waals surface area (Å²) in [5, 5.41) is 14.9. The van der Waals surface area contributed by atoms with Crippen molar-refractivity contribution in [1.82, 2.24) is 15.3 Å². The molecule has 5 N–H and O–H groups in total. The summed E-state index contributed by atoms with van der Waals surface area (Å²) in [5.74, 6) is -1.31. The van der Waals surface area contributed by atoms with Crippen LogP contribution in [0.2, 0.25) is 0 Å². The maximum atomic E-state index is 12.6. The zero-order valence-corrected chi connectivity index (χ0v) is 17.4. The van der Waals surface area contributed by atoms with Crippen molar-refractivity contribution in [2.24, 2.45) is 5.73 Å². The monoisotopic (exact) mass is 433 g/mol. The number of nitrogens with two attached hydrogens (primary N) is 1. The molecule has 0 aliphatic heterocycles. The van der Waals surface area contributed by atoms with Crippen LogP contribution in [0, 0.1) is 6.92 Å². The number of benzene rings is 2. The smallest absolute Gasteiger partial charge is 0.326 e. The van der Waals surface area contributed by atoms with Crippen LogP contribution >= 0.6 is 0 Å². The number of amides is 2. The van der Waals surface area contributed by atoms with E-state index in [1.807, 2.05) is 30.3 Å². The van der Waals surface area contributed by atoms with Crippen LogP contribution in [0.3, 0.4) is 0 Å². The highest BCUT2D eigenvalue weighted by Gasteiger charge is 2.21. The highest BCUT2D eigenvalue weighted by molar-refractivity contribution is 5.97. The average molecular weight is 433 g/mol. The van der Waals surface area contributed by atoms with Gasteiger partial charge < -0.3 is 21.5 Å². The summed E-state index contributed by atoms with van der Waals surface area (Å²) in [4.78, 5) is 43.7. The topological polar surface area (TPSA) is 147 Å². The van der Waals surface area contributed by atoms with E-state index in [1.54, 1.807) is 37.3 Å². The summed E-state index contributed by atoms with van der Waals surface area (Å²) < 4.78 is 0. The lowest BCUT2D eigenvalue weighted by Crippen LogP contribution is -2.41. The van der Waals surface area contributed by atoms with Crippen LogP contribution in [0.4, 0.5) is 11.5 Å². The van der Waals surface area contributed by atoms with E-state index in [4.69, 9.17) is 5.73 Å². The number of anilines is 2. The number of carboxylic acid groups (broad SMARTS) is 1. The van der Waals surface area contributed by atoms with Crippen molar-refractivity contribution in [3.63, 3.8) is 0 Å². The van der Waals surface area contributed by atoms with Gasteiger partial charge >= 0.3 is 5.97 Å². The number of aryl methyl sites for hydroxylation is 1. The largest absolute Gasteiger partial charge is 0.480 e. The number of hydrogen-bond acceptors (Lipinski definition) is 6. The van der Waals surface area contributed by atoms with Crippen LogP contribution in [0.25, 0.3) is 11.3 Å². The van der Waals surface area contributed by atoms with Gasteiger partial charge in [0.05, 0.1) is 5.69 Å². The van der Waals surface area contributed by atoms with Gasteiger partial charge in [-0.1, -0.05) is 36.4 Å². The molecule has 0 fully saturated rings. The van der Waals surface area contributed by atoms with Crippen LogP contribution in [0.1, 0.15) is 29.0 Å². The van der Waals surface area contributed by atoms with E-state index in [9.17, 15) is 19.5 Å². The Labute approximate surface area is 184 Å². The number of aromatic nitrogens is 2. The molecule has 1 heterocycles. The molecule has 0 aliphatic rings. The van der Waals surface area contributed by atoms with Crippen molar-refractivity contribution < 1.29 is 19.5 Å². The molecule has 2 amide bonds. The Morgan fingerprint density at radius 2 is 1.78 bits per heavy atom. The second-order valence-corrected chi connectivity index (χ2v) is 7.13. The van der Waals surface area contributed by atoms with Gasteiger partial charge in [-0.3, -0.25) is 9.59 Å². The highest BCUT2D eigenvalue weighted by Crippen LogP contribution is 2.22. The van der Waals surface area contributed by atoms with E-state index in [0.717, 1.165) is 11.3 Å². The van der Waals surface area contributed by atoms with Gasteiger partial charge in [-0.15, -0.1) is 0 Å². The van der Waals surface area contributed by atoms with Crippen LogP contribution in [0.15, 0.2) is 60.7 Å². The lowest BCUT2D eigenvalue weighted by Gasteiger charge is -2.14. The van der Waals surface area contributed by atoms with Gasteiger partial charge in [-0.05, 0) is 31.5 Å². The van der Waals surface area contributed by atoms with E-state index in [0.29, 0.717) is 17.3 Å². The summed E-state index contributed by atoms with van der Waals surface area (Å²) in [6.45, 7) is 1.79. The van der Waals surface area contributed by atoms with Crippen molar-refractivity contribution >= 4 is 29.3 Å². The summed E-state index contributed by atoms with van der Waals surface area (Å²) in [6.07, 6.45) is -0.230. The third-order valence-corrected chi connectivity index (χ3v) is 4.59. The molecule has 9 heteroatoms. The molecular weight excluding hydrogens is 410 g/mol. The fourth-order valence-electron chi connectivity index (χ4n) is 3.06. The molecule has 1 unspecified atom stereocenters. The highest BCUT2D eigenvalue weighted by atomic mass is 16.4. The third kappa shape index (κ3) is 6.11. The first-order valence-electron chi connectivity index (χ1n) is 9.92. The molecule has 3 rings (SSSR count). The fraction of sp³-hybridized carbons (Fsp3) is 0.174. The van der Waals surface area contributed by atoms with Crippen molar-refractivity contribution in [2.75, 3.05) is 5.32 Å². The van der Waals surface area contributed by atoms with Crippen LogP contribution in [-0.2, 0) is 9.59 Å². The van der Waals surface area contributed by atoms with Crippen molar-refractivity contribution in [3.05, 3.63) is 72.1 Å². The van der Waals surface area contributed by atoms with Crippen LogP contribution in [-0.4, -0.2) is 38.9 Å². The number of carbonyl (C=O) groups excluding carboxylic acids is 2. The standard InChI is InChI=1S/C23H23N5O4/c1-14-25-19(15-6-3-2-4-7-15)13-21(26-14)27-17-9-5-8-16(12-17)22(30)28-18(23(31)32)10-11-20(24)29/h2-9,12-13,18H,10-11H2,1H3,(H2,24,29)(H,28,30)(H,31,32)(H,25,26,27). The molecule has 9 nitrogen and oxygen atoms in total. The maximum absolute atomic E-state index is 12.6. The van der Waals surface area contributed by atoms with E-state index < -0.39 is 23.8 Å². The average Bonchev–Trinajstić information content (AvgIpc) is 2.76. The van der Waals surface area contributed by atoms with E-state index in [1.165, 1.54) is 0 Å². The minimum Gasteiger partial charge on any atom is -0.480 e. The number of carbonyl (C=O) groups is 3. The minimum absolute atomic E-state index is 0.0865. The first-order chi connectivity index (χ1) is 15.3. The second-order valence-electron chi connectivity index (χ2n) is 7.13. The van der Waals surface area contributed by atoms with Gasteiger partial charge in [0.1, 0.15) is 17.7 Å². The van der Waals surface area contributed by atoms with Crippen molar-refractivity contribution in [3.8, 4) is 11.3 Å². The van der Waals surface area contributed by atoms with Gasteiger partial charge in [0.25, 0.3) is 5.91 Å². The SMILES string of the molecule is Cc1nc(Nc2cccc(C(=O)NC(CCC(N)=O)C(=O)O)c2)cc(-c2ccccc2)n1.